The van der Waals surface area contributed by atoms with Crippen molar-refractivity contribution in [3.63, 3.8) is 0 Å². The Morgan fingerprint density at radius 1 is 0.944 bits per heavy atom. The largest absolute Gasteiger partial charge is 0.499 e. The summed E-state index contributed by atoms with van der Waals surface area (Å²) in [6, 6.07) is 20.7. The number of hydrogen-bond donors (Lipinski definition) is 0. The number of ether oxygens (including phenoxy) is 5. The molecule has 1 saturated heterocycles. The molecule has 2 aliphatic heterocycles. The third-order valence-electron chi connectivity index (χ3n) is 15.0. The molecule has 0 radical (unpaired) electrons. The highest BCUT2D eigenvalue weighted by molar-refractivity contribution is 6.69. The van der Waals surface area contributed by atoms with Crippen LogP contribution in [0.5, 0.6) is 0 Å². The van der Waals surface area contributed by atoms with Crippen molar-refractivity contribution >= 4 is 14.1 Å². The molecule has 0 amide bonds. The Hall–Kier alpha value is -2.85. The van der Waals surface area contributed by atoms with Crippen molar-refractivity contribution in [3.8, 4) is 0 Å². The minimum atomic E-state index is -2.16. The first-order valence-electron chi connectivity index (χ1n) is 20.2. The van der Waals surface area contributed by atoms with E-state index in [0.717, 1.165) is 43.6 Å². The molecule has 2 aromatic rings. The number of carbonyl (C=O) groups excluding carboxylic acids is 1. The average molecular weight is 751 g/mol. The summed E-state index contributed by atoms with van der Waals surface area (Å²) in [5.74, 6) is 1.64. The molecule has 4 saturated carbocycles. The molecule has 0 aromatic heterocycles. The molecule has 54 heavy (non-hydrogen) atoms. The second-order valence-corrected chi connectivity index (χ2v) is 23.6. The van der Waals surface area contributed by atoms with Gasteiger partial charge in [-0.15, -0.1) is 0 Å². The van der Waals surface area contributed by atoms with Crippen LogP contribution in [0.1, 0.15) is 64.0 Å². The summed E-state index contributed by atoms with van der Waals surface area (Å²) in [5.41, 5.74) is 3.96. The molecule has 4 bridgehead atoms. The van der Waals surface area contributed by atoms with Gasteiger partial charge in [0.05, 0.1) is 39.0 Å². The van der Waals surface area contributed by atoms with Crippen LogP contribution in [-0.4, -0.2) is 58.5 Å². The number of methoxy groups -OCH3 is 1. The lowest BCUT2D eigenvalue weighted by Gasteiger charge is -2.70. The van der Waals surface area contributed by atoms with Gasteiger partial charge in [-0.05, 0) is 90.9 Å². The fourth-order valence-electron chi connectivity index (χ4n) is 13.1. The van der Waals surface area contributed by atoms with Gasteiger partial charge in [0.1, 0.15) is 36.1 Å². The molecule has 8 heteroatoms. The molecule has 0 unspecified atom stereocenters. The van der Waals surface area contributed by atoms with E-state index in [1.165, 1.54) is 22.3 Å². The van der Waals surface area contributed by atoms with Gasteiger partial charge in [-0.25, -0.2) is 0 Å². The molecule has 7 nitrogen and oxygen atoms in total. The van der Waals surface area contributed by atoms with Gasteiger partial charge in [-0.2, -0.15) is 0 Å². The molecule has 0 N–H and O–H groups in total. The SMILES string of the molecule is C=C1[C@@]23C4=C(CC[C@@]2(C)[C@]1([C@@H]1C[C@H]1COCc1ccccc1)C[C@@H]3OCOCc1ccccc1)[C@@H](O[Si](C)(C)C)[C@]12C=C(OC)[C@H](O1)C(C)(C)[C@H]2C(=O)C4. The van der Waals surface area contributed by atoms with Gasteiger partial charge in [-0.1, -0.05) is 93.6 Å². The summed E-state index contributed by atoms with van der Waals surface area (Å²) in [4.78, 5) is 15.1. The van der Waals surface area contributed by atoms with E-state index in [1.807, 2.05) is 24.3 Å². The fourth-order valence-corrected chi connectivity index (χ4v) is 14.1. The zero-order chi connectivity index (χ0) is 37.9. The Labute approximate surface area is 322 Å². The Morgan fingerprint density at radius 3 is 2.26 bits per heavy atom. The van der Waals surface area contributed by atoms with Crippen LogP contribution in [0.2, 0.25) is 19.6 Å². The summed E-state index contributed by atoms with van der Waals surface area (Å²) < 4.78 is 39.9. The predicted molar refractivity (Wildman–Crippen MR) is 209 cm³/mol. The van der Waals surface area contributed by atoms with Gasteiger partial charge in [0.2, 0.25) is 0 Å². The van der Waals surface area contributed by atoms with E-state index in [2.05, 4.69) is 82.9 Å². The molecule has 2 heterocycles. The molecule has 6 aliphatic carbocycles. The molecular weight excluding hydrogens is 693 g/mol. The molecule has 288 valence electrons. The van der Waals surface area contributed by atoms with Crippen LogP contribution in [0.25, 0.3) is 0 Å². The van der Waals surface area contributed by atoms with Crippen molar-refractivity contribution < 1.29 is 32.9 Å². The summed E-state index contributed by atoms with van der Waals surface area (Å²) >= 11 is 0. The predicted octanol–water partition coefficient (Wildman–Crippen LogP) is 8.96. The first kappa shape index (κ1) is 36.8. The molecule has 2 spiro atoms. The van der Waals surface area contributed by atoms with Crippen LogP contribution in [0.3, 0.4) is 0 Å². The van der Waals surface area contributed by atoms with Crippen LogP contribution in [-0.2, 0) is 46.1 Å². The Bertz CT molecular complexity index is 1900. The monoisotopic (exact) mass is 750 g/mol. The number of hydrogen-bond acceptors (Lipinski definition) is 7. The Morgan fingerprint density at radius 2 is 1.61 bits per heavy atom. The maximum Gasteiger partial charge on any atom is 0.184 e. The second kappa shape index (κ2) is 12.6. The summed E-state index contributed by atoms with van der Waals surface area (Å²) in [7, 11) is -0.438. The van der Waals surface area contributed by atoms with Crippen molar-refractivity contribution in [1.29, 1.82) is 0 Å². The Kier molecular flexibility index (Phi) is 8.56. The smallest absolute Gasteiger partial charge is 0.184 e. The first-order valence-corrected chi connectivity index (χ1v) is 23.6. The summed E-state index contributed by atoms with van der Waals surface area (Å²) in [5, 5.41) is 0. The third kappa shape index (κ3) is 4.92. The maximum absolute atomic E-state index is 15.1. The molecular formula is C46H58O7Si. The fraction of sp³-hybridized carbons (Fsp3) is 0.587. The van der Waals surface area contributed by atoms with Crippen molar-refractivity contribution in [1.82, 2.24) is 0 Å². The molecule has 10 atom stereocenters. The van der Waals surface area contributed by atoms with E-state index in [9.17, 15) is 0 Å². The lowest BCUT2D eigenvalue weighted by Crippen LogP contribution is -2.66. The molecule has 8 aliphatic rings. The lowest BCUT2D eigenvalue weighted by atomic mass is 9.33. The highest BCUT2D eigenvalue weighted by Gasteiger charge is 2.88. The number of ketones is 1. The van der Waals surface area contributed by atoms with Crippen LogP contribution in [0.4, 0.5) is 0 Å². The van der Waals surface area contributed by atoms with Gasteiger partial charge < -0.3 is 28.1 Å². The van der Waals surface area contributed by atoms with Crippen molar-refractivity contribution in [2.45, 2.75) is 110 Å². The zero-order valence-corrected chi connectivity index (χ0v) is 34.2. The lowest BCUT2D eigenvalue weighted by molar-refractivity contribution is -0.150. The highest BCUT2D eigenvalue weighted by atomic mass is 28.4. The van der Waals surface area contributed by atoms with Gasteiger partial charge in [0, 0.05) is 22.7 Å². The van der Waals surface area contributed by atoms with E-state index in [1.54, 1.807) is 7.11 Å². The van der Waals surface area contributed by atoms with E-state index >= 15 is 4.79 Å². The number of rotatable bonds is 13. The minimum absolute atomic E-state index is 0.0909. The summed E-state index contributed by atoms with van der Waals surface area (Å²) in [6.45, 7) is 20.7. The second-order valence-electron chi connectivity index (χ2n) is 19.1. The van der Waals surface area contributed by atoms with Crippen LogP contribution < -0.4 is 0 Å². The van der Waals surface area contributed by atoms with Gasteiger partial charge >= 0.3 is 0 Å². The topological polar surface area (TPSA) is 72.5 Å². The number of fused-ring (bicyclic) bond motifs is 2. The first-order chi connectivity index (χ1) is 25.7. The van der Waals surface area contributed by atoms with Crippen LogP contribution in [0.15, 0.2) is 95.8 Å². The quantitative estimate of drug-likeness (QED) is 0.0877. The average Bonchev–Trinajstić information content (AvgIpc) is 3.53. The van der Waals surface area contributed by atoms with Gasteiger partial charge in [0.15, 0.2) is 8.32 Å². The highest BCUT2D eigenvalue weighted by Crippen LogP contribution is 2.91. The van der Waals surface area contributed by atoms with E-state index in [0.29, 0.717) is 31.5 Å². The van der Waals surface area contributed by atoms with Crippen molar-refractivity contribution in [2.75, 3.05) is 20.5 Å². The van der Waals surface area contributed by atoms with E-state index in [-0.39, 0.29) is 47.6 Å². The Balaban J connectivity index is 1.10. The zero-order valence-electron chi connectivity index (χ0n) is 33.2. The van der Waals surface area contributed by atoms with E-state index in [4.69, 9.17) is 34.7 Å². The molecule has 5 fully saturated rings. The third-order valence-corrected chi connectivity index (χ3v) is 15.9. The maximum atomic E-state index is 15.1. The number of benzene rings is 2. The molecule has 10 rings (SSSR count). The van der Waals surface area contributed by atoms with Crippen LogP contribution >= 0.6 is 0 Å². The van der Waals surface area contributed by atoms with E-state index < -0.39 is 24.7 Å². The molecule has 2 aromatic carbocycles. The van der Waals surface area contributed by atoms with Crippen molar-refractivity contribution in [2.24, 2.45) is 39.4 Å². The summed E-state index contributed by atoms with van der Waals surface area (Å²) in [6.07, 6.45) is 5.52. The van der Waals surface area contributed by atoms with Crippen LogP contribution in [0, 0.1) is 39.4 Å². The standard InChI is InChI=1S/C46H58O7Si/c1-29-44(34-21-32(34)27-49-25-30-15-11-9-12-16-30)24-38(51-28-50-26-31-17-13-10-14-18-31)46(29)35-22-36(47)39-42(2,3)41-37(48-5)23-45(39,52-41)40(53-54(6,7)8)33(35)19-20-43(44,46)4/h9-18,23,32,34,38-41H,1,19-22,24-28H2,2-8H3/t32-,34+,38-,39+,40+,41-,43-,44+,45+,46-/m0/s1. The number of Topliss-reactive ketones (excluding diaryl/α,β-unsaturated/α-hetero) is 1. The van der Waals surface area contributed by atoms with Gasteiger partial charge in [0.25, 0.3) is 0 Å². The minimum Gasteiger partial charge on any atom is -0.499 e. The number of carbonyl (C=O) groups is 1. The normalized spacial score (nSPS) is 39.7. The van der Waals surface area contributed by atoms with Gasteiger partial charge in [-0.3, -0.25) is 4.79 Å². The van der Waals surface area contributed by atoms with Crippen molar-refractivity contribution in [3.05, 3.63) is 107 Å².